The number of hydrogen-bond acceptors (Lipinski definition) is 2. The van der Waals surface area contributed by atoms with Gasteiger partial charge in [0.25, 0.3) is 0 Å². The van der Waals surface area contributed by atoms with Gasteiger partial charge in [0, 0.05) is 39.1 Å². The molecule has 0 atom stereocenters. The Balaban J connectivity index is 1.81. The van der Waals surface area contributed by atoms with E-state index in [1.165, 1.54) is 12.8 Å². The van der Waals surface area contributed by atoms with Crippen LogP contribution >= 0.6 is 0 Å². The second kappa shape index (κ2) is 8.25. The molecule has 1 N–H and O–H groups in total. The van der Waals surface area contributed by atoms with Gasteiger partial charge in [-0.3, -0.25) is 9.79 Å². The Morgan fingerprint density at radius 1 is 1.14 bits per heavy atom. The smallest absolute Gasteiger partial charge is 0.224 e. The van der Waals surface area contributed by atoms with Crippen LogP contribution in [0.15, 0.2) is 4.99 Å². The minimum absolute atomic E-state index is 0.263. The third kappa shape index (κ3) is 4.90. The Morgan fingerprint density at radius 2 is 1.81 bits per heavy atom. The van der Waals surface area contributed by atoms with Crippen LogP contribution in [0.1, 0.15) is 46.0 Å². The van der Waals surface area contributed by atoms with E-state index in [1.807, 2.05) is 4.90 Å². The van der Waals surface area contributed by atoms with Gasteiger partial charge in [-0.15, -0.1) is 0 Å². The molecule has 2 fully saturated rings. The van der Waals surface area contributed by atoms with Gasteiger partial charge in [-0.25, -0.2) is 0 Å². The number of nitrogens with zero attached hydrogens (tertiary/aromatic N) is 3. The van der Waals surface area contributed by atoms with E-state index in [1.54, 1.807) is 0 Å². The van der Waals surface area contributed by atoms with E-state index in [2.05, 4.69) is 29.1 Å². The zero-order valence-corrected chi connectivity index (χ0v) is 13.6. The van der Waals surface area contributed by atoms with E-state index in [0.717, 1.165) is 57.4 Å². The summed E-state index contributed by atoms with van der Waals surface area (Å²) in [4.78, 5) is 21.0. The zero-order valence-electron chi connectivity index (χ0n) is 13.6. The number of carbonyl (C=O) groups is 1. The summed E-state index contributed by atoms with van der Waals surface area (Å²) in [6.07, 6.45) is 5.32. The molecule has 2 rings (SSSR count). The van der Waals surface area contributed by atoms with Gasteiger partial charge < -0.3 is 15.1 Å². The van der Waals surface area contributed by atoms with Gasteiger partial charge in [-0.05, 0) is 38.5 Å². The van der Waals surface area contributed by atoms with Crippen molar-refractivity contribution in [2.45, 2.75) is 46.0 Å². The second-order valence-electron chi connectivity index (χ2n) is 6.24. The van der Waals surface area contributed by atoms with Gasteiger partial charge in [0.1, 0.15) is 0 Å². The normalized spacial score (nSPS) is 21.0. The summed E-state index contributed by atoms with van der Waals surface area (Å²) in [5.74, 6) is 2.07. The predicted molar refractivity (Wildman–Crippen MR) is 86.4 cm³/mol. The van der Waals surface area contributed by atoms with E-state index in [0.29, 0.717) is 13.0 Å². The Kier molecular flexibility index (Phi) is 6.33. The molecule has 0 aromatic heterocycles. The van der Waals surface area contributed by atoms with Gasteiger partial charge in [0.15, 0.2) is 5.96 Å². The third-order valence-electron chi connectivity index (χ3n) is 4.46. The van der Waals surface area contributed by atoms with Gasteiger partial charge in [-0.2, -0.15) is 0 Å². The third-order valence-corrected chi connectivity index (χ3v) is 4.46. The predicted octanol–water partition coefficient (Wildman–Crippen LogP) is 1.70. The minimum Gasteiger partial charge on any atom is -0.357 e. The maximum atomic E-state index is 12.0. The largest absolute Gasteiger partial charge is 0.357 e. The first kappa shape index (κ1) is 16.1. The number of hydrogen-bond donors (Lipinski definition) is 1. The molecule has 0 bridgehead atoms. The first-order valence-corrected chi connectivity index (χ1v) is 8.51. The molecule has 2 heterocycles. The standard InChI is InChI=1S/C16H30N4O/c1-3-17-16(20-12-7-14(2)8-13-20)18-9-6-15(21)19-10-4-5-11-19/h14H,3-13H2,1-2H3,(H,17,18). The Hall–Kier alpha value is -1.26. The summed E-state index contributed by atoms with van der Waals surface area (Å²) < 4.78 is 0. The summed E-state index contributed by atoms with van der Waals surface area (Å²) in [6, 6.07) is 0. The lowest BCUT2D eigenvalue weighted by Crippen LogP contribution is -2.45. The minimum atomic E-state index is 0.263. The lowest BCUT2D eigenvalue weighted by atomic mass is 10.00. The highest BCUT2D eigenvalue weighted by molar-refractivity contribution is 5.81. The molecule has 0 radical (unpaired) electrons. The summed E-state index contributed by atoms with van der Waals surface area (Å²) in [7, 11) is 0. The van der Waals surface area contributed by atoms with Crippen LogP contribution in [0.4, 0.5) is 0 Å². The highest BCUT2D eigenvalue weighted by atomic mass is 16.2. The molecule has 0 unspecified atom stereocenters. The number of amides is 1. The molecule has 2 saturated heterocycles. The highest BCUT2D eigenvalue weighted by Crippen LogP contribution is 2.16. The fraction of sp³-hybridized carbons (Fsp3) is 0.875. The van der Waals surface area contributed by atoms with Crippen LogP contribution in [0, 0.1) is 5.92 Å². The molecule has 0 saturated carbocycles. The molecule has 5 nitrogen and oxygen atoms in total. The Bertz CT molecular complexity index is 355. The molecule has 0 aromatic carbocycles. The van der Waals surface area contributed by atoms with Gasteiger partial charge in [0.05, 0.1) is 6.54 Å². The van der Waals surface area contributed by atoms with Crippen molar-refractivity contribution in [3.8, 4) is 0 Å². The molecule has 120 valence electrons. The van der Waals surface area contributed by atoms with Gasteiger partial charge >= 0.3 is 0 Å². The van der Waals surface area contributed by atoms with Crippen molar-refractivity contribution < 1.29 is 4.79 Å². The maximum Gasteiger partial charge on any atom is 0.224 e. The second-order valence-corrected chi connectivity index (χ2v) is 6.24. The van der Waals surface area contributed by atoms with E-state index in [4.69, 9.17) is 0 Å². The first-order valence-electron chi connectivity index (χ1n) is 8.51. The zero-order chi connectivity index (χ0) is 15.1. The van der Waals surface area contributed by atoms with Crippen molar-refractivity contribution in [1.82, 2.24) is 15.1 Å². The SMILES string of the molecule is CCNC(=NCCC(=O)N1CCCC1)N1CCC(C)CC1. The molecular weight excluding hydrogens is 264 g/mol. The number of piperidine rings is 1. The molecule has 21 heavy (non-hydrogen) atoms. The average molecular weight is 294 g/mol. The van der Waals surface area contributed by atoms with Crippen molar-refractivity contribution in [3.05, 3.63) is 0 Å². The van der Waals surface area contributed by atoms with Crippen molar-refractivity contribution >= 4 is 11.9 Å². The molecule has 1 amide bonds. The quantitative estimate of drug-likeness (QED) is 0.634. The van der Waals surface area contributed by atoms with Crippen LogP contribution < -0.4 is 5.32 Å². The van der Waals surface area contributed by atoms with Crippen molar-refractivity contribution in [3.63, 3.8) is 0 Å². The molecule has 0 spiro atoms. The van der Waals surface area contributed by atoms with Crippen LogP contribution in [0.3, 0.4) is 0 Å². The Morgan fingerprint density at radius 3 is 2.43 bits per heavy atom. The van der Waals surface area contributed by atoms with Crippen LogP contribution in [0.5, 0.6) is 0 Å². The van der Waals surface area contributed by atoms with E-state index < -0.39 is 0 Å². The molecule has 2 aliphatic heterocycles. The molecule has 0 aliphatic carbocycles. The van der Waals surface area contributed by atoms with E-state index in [-0.39, 0.29) is 5.91 Å². The highest BCUT2D eigenvalue weighted by Gasteiger charge is 2.19. The Labute approximate surface area is 128 Å². The van der Waals surface area contributed by atoms with Crippen LogP contribution in [0.25, 0.3) is 0 Å². The monoisotopic (exact) mass is 294 g/mol. The lowest BCUT2D eigenvalue weighted by Gasteiger charge is -2.33. The lowest BCUT2D eigenvalue weighted by molar-refractivity contribution is -0.129. The van der Waals surface area contributed by atoms with Crippen LogP contribution in [-0.2, 0) is 4.79 Å². The van der Waals surface area contributed by atoms with E-state index in [9.17, 15) is 4.79 Å². The maximum absolute atomic E-state index is 12.0. The van der Waals surface area contributed by atoms with Crippen LogP contribution in [-0.4, -0.2) is 60.9 Å². The summed E-state index contributed by atoms with van der Waals surface area (Å²) >= 11 is 0. The summed E-state index contributed by atoms with van der Waals surface area (Å²) in [6.45, 7) is 9.92. The molecule has 2 aliphatic rings. The molecular formula is C16H30N4O. The molecule has 5 heteroatoms. The number of aliphatic imine (C=N–C) groups is 1. The van der Waals surface area contributed by atoms with Crippen molar-refractivity contribution in [2.75, 3.05) is 39.3 Å². The average Bonchev–Trinajstić information content (AvgIpc) is 3.01. The summed E-state index contributed by atoms with van der Waals surface area (Å²) in [5.41, 5.74) is 0. The van der Waals surface area contributed by atoms with Crippen molar-refractivity contribution in [2.24, 2.45) is 10.9 Å². The van der Waals surface area contributed by atoms with Gasteiger partial charge in [-0.1, -0.05) is 6.92 Å². The number of guanidine groups is 1. The molecule has 0 aromatic rings. The number of nitrogens with one attached hydrogen (secondary N) is 1. The number of rotatable bonds is 4. The van der Waals surface area contributed by atoms with Crippen molar-refractivity contribution in [1.29, 1.82) is 0 Å². The topological polar surface area (TPSA) is 47.9 Å². The summed E-state index contributed by atoms with van der Waals surface area (Å²) in [5, 5.41) is 3.36. The van der Waals surface area contributed by atoms with E-state index >= 15 is 0 Å². The fourth-order valence-corrected chi connectivity index (χ4v) is 3.03. The van der Waals surface area contributed by atoms with Crippen LogP contribution in [0.2, 0.25) is 0 Å². The number of likely N-dealkylation sites (tertiary alicyclic amines) is 2. The fourth-order valence-electron chi connectivity index (χ4n) is 3.03. The van der Waals surface area contributed by atoms with Gasteiger partial charge in [0.2, 0.25) is 5.91 Å². The first-order chi connectivity index (χ1) is 10.2. The number of carbonyl (C=O) groups excluding carboxylic acids is 1.